The number of imidazole rings is 1. The van der Waals surface area contributed by atoms with E-state index in [9.17, 15) is 8.78 Å². The molecule has 6 heteroatoms. The van der Waals surface area contributed by atoms with E-state index in [0.717, 1.165) is 16.1 Å². The van der Waals surface area contributed by atoms with Crippen LogP contribution in [0.4, 0.5) is 8.78 Å². The molecule has 0 radical (unpaired) electrons. The number of nitrogens with zero attached hydrogens (tertiary/aromatic N) is 2. The molecule has 110 valence electrons. The first-order valence-electron chi connectivity index (χ1n) is 6.58. The molecule has 0 bridgehead atoms. The minimum absolute atomic E-state index is 0.256. The van der Waals surface area contributed by atoms with Crippen molar-refractivity contribution in [3.63, 3.8) is 0 Å². The summed E-state index contributed by atoms with van der Waals surface area (Å²) in [7, 11) is 0. The molecule has 22 heavy (non-hydrogen) atoms. The number of hydrogen-bond donors (Lipinski definition) is 0. The van der Waals surface area contributed by atoms with Gasteiger partial charge in [-0.2, -0.15) is 0 Å². The van der Waals surface area contributed by atoms with Gasteiger partial charge in [-0.1, -0.05) is 15.9 Å². The molecule has 0 N–H and O–H groups in total. The Bertz CT molecular complexity index is 878. The minimum atomic E-state index is -0.722. The largest absolute Gasteiger partial charge is 0.465 e. The summed E-state index contributed by atoms with van der Waals surface area (Å²) in [6.07, 6.45) is 2.62. The SMILES string of the molecule is Fc1ccc(C2Oc3cc(Br)ccc3-c3nccn32)c(F)c1. The molecule has 0 spiro atoms. The average Bonchev–Trinajstić information content (AvgIpc) is 2.96. The van der Waals surface area contributed by atoms with E-state index in [1.54, 1.807) is 17.0 Å². The summed E-state index contributed by atoms with van der Waals surface area (Å²) in [6.45, 7) is 0. The summed E-state index contributed by atoms with van der Waals surface area (Å²) < 4.78 is 35.8. The Morgan fingerprint density at radius 2 is 2.00 bits per heavy atom. The zero-order valence-corrected chi connectivity index (χ0v) is 12.7. The lowest BCUT2D eigenvalue weighted by Gasteiger charge is -2.28. The third kappa shape index (κ3) is 2.02. The van der Waals surface area contributed by atoms with E-state index in [0.29, 0.717) is 11.6 Å². The normalized spacial score (nSPS) is 15.9. The van der Waals surface area contributed by atoms with Gasteiger partial charge in [0.15, 0.2) is 0 Å². The molecule has 0 saturated heterocycles. The van der Waals surface area contributed by atoms with Crippen molar-refractivity contribution in [1.29, 1.82) is 0 Å². The summed E-state index contributed by atoms with van der Waals surface area (Å²) in [5.74, 6) is 0.0124. The van der Waals surface area contributed by atoms with Gasteiger partial charge < -0.3 is 4.74 Å². The van der Waals surface area contributed by atoms with E-state index >= 15 is 0 Å². The molecule has 1 aliphatic rings. The monoisotopic (exact) mass is 362 g/mol. The van der Waals surface area contributed by atoms with Crippen LogP contribution in [0.15, 0.2) is 53.3 Å². The standard InChI is InChI=1S/C16H9BrF2N2O/c17-9-1-3-12-14(7-9)22-16(21-6-5-20-15(12)21)11-4-2-10(18)8-13(11)19/h1-8,16H. The number of benzene rings is 2. The number of rotatable bonds is 1. The summed E-state index contributed by atoms with van der Waals surface area (Å²) in [5, 5.41) is 0. The topological polar surface area (TPSA) is 27.1 Å². The van der Waals surface area contributed by atoms with Gasteiger partial charge in [0.1, 0.15) is 23.2 Å². The molecule has 2 heterocycles. The quantitative estimate of drug-likeness (QED) is 0.635. The molecule has 1 aromatic heterocycles. The maximum atomic E-state index is 14.1. The Hall–Kier alpha value is -2.21. The van der Waals surface area contributed by atoms with Crippen LogP contribution in [0.5, 0.6) is 5.75 Å². The molecule has 4 rings (SSSR count). The van der Waals surface area contributed by atoms with Crippen LogP contribution >= 0.6 is 15.9 Å². The fourth-order valence-corrected chi connectivity index (χ4v) is 2.92. The van der Waals surface area contributed by atoms with E-state index in [1.165, 1.54) is 12.1 Å². The summed E-state index contributed by atoms with van der Waals surface area (Å²) in [4.78, 5) is 4.32. The van der Waals surface area contributed by atoms with Crippen molar-refractivity contribution in [2.45, 2.75) is 6.23 Å². The molecule has 3 nitrogen and oxygen atoms in total. The third-order valence-electron chi connectivity index (χ3n) is 3.57. The van der Waals surface area contributed by atoms with Crippen LogP contribution in [0.3, 0.4) is 0 Å². The molecule has 0 saturated carbocycles. The summed E-state index contributed by atoms with van der Waals surface area (Å²) in [5.41, 5.74) is 1.08. The number of ether oxygens (including phenoxy) is 1. The van der Waals surface area contributed by atoms with Crippen LogP contribution in [0.1, 0.15) is 11.8 Å². The highest BCUT2D eigenvalue weighted by molar-refractivity contribution is 9.10. The van der Waals surface area contributed by atoms with Crippen molar-refractivity contribution in [2.75, 3.05) is 0 Å². The average molecular weight is 363 g/mol. The van der Waals surface area contributed by atoms with Crippen molar-refractivity contribution in [3.05, 3.63) is 70.5 Å². The molecule has 0 amide bonds. The maximum absolute atomic E-state index is 14.1. The minimum Gasteiger partial charge on any atom is -0.465 e. The van der Waals surface area contributed by atoms with E-state index in [1.807, 2.05) is 18.2 Å². The van der Waals surface area contributed by atoms with Crippen LogP contribution in [0, 0.1) is 11.6 Å². The zero-order valence-electron chi connectivity index (χ0n) is 11.1. The van der Waals surface area contributed by atoms with Gasteiger partial charge in [0.25, 0.3) is 0 Å². The number of fused-ring (bicyclic) bond motifs is 3. The maximum Gasteiger partial charge on any atom is 0.206 e. The van der Waals surface area contributed by atoms with E-state index in [2.05, 4.69) is 20.9 Å². The van der Waals surface area contributed by atoms with Gasteiger partial charge in [0.05, 0.1) is 5.56 Å². The molecule has 1 unspecified atom stereocenters. The molecule has 0 fully saturated rings. The second-order valence-electron chi connectivity index (χ2n) is 4.93. The predicted octanol–water partition coefficient (Wildman–Crippen LogP) is 4.53. The second-order valence-corrected chi connectivity index (χ2v) is 5.85. The van der Waals surface area contributed by atoms with E-state index in [-0.39, 0.29) is 5.56 Å². The molecular weight excluding hydrogens is 354 g/mol. The first-order chi connectivity index (χ1) is 10.6. The van der Waals surface area contributed by atoms with Crippen LogP contribution in [0.25, 0.3) is 11.4 Å². The van der Waals surface area contributed by atoms with Gasteiger partial charge >= 0.3 is 0 Å². The number of aromatic nitrogens is 2. The summed E-state index contributed by atoms with van der Waals surface area (Å²) in [6, 6.07) is 9.04. The Labute approximate surface area is 133 Å². The van der Waals surface area contributed by atoms with E-state index < -0.39 is 17.9 Å². The van der Waals surface area contributed by atoms with Crippen molar-refractivity contribution >= 4 is 15.9 Å². The molecule has 1 aliphatic heterocycles. The first kappa shape index (κ1) is 13.5. The van der Waals surface area contributed by atoms with Crippen LogP contribution < -0.4 is 4.74 Å². The molecule has 1 atom stereocenters. The van der Waals surface area contributed by atoms with E-state index in [4.69, 9.17) is 4.74 Å². The van der Waals surface area contributed by atoms with Gasteiger partial charge in [0, 0.05) is 28.5 Å². The van der Waals surface area contributed by atoms with Gasteiger partial charge in [-0.05, 0) is 30.3 Å². The van der Waals surface area contributed by atoms with Gasteiger partial charge in [-0.15, -0.1) is 0 Å². The lowest BCUT2D eigenvalue weighted by molar-refractivity contribution is 0.163. The molecule has 3 aromatic rings. The Morgan fingerprint density at radius 3 is 2.82 bits per heavy atom. The molecule has 0 aliphatic carbocycles. The highest BCUT2D eigenvalue weighted by Crippen LogP contribution is 2.41. The van der Waals surface area contributed by atoms with Gasteiger partial charge in [0.2, 0.25) is 6.23 Å². The van der Waals surface area contributed by atoms with Crippen molar-refractivity contribution in [2.24, 2.45) is 0 Å². The highest BCUT2D eigenvalue weighted by atomic mass is 79.9. The third-order valence-corrected chi connectivity index (χ3v) is 4.07. The van der Waals surface area contributed by atoms with Crippen LogP contribution in [-0.4, -0.2) is 9.55 Å². The van der Waals surface area contributed by atoms with Crippen LogP contribution in [-0.2, 0) is 0 Å². The smallest absolute Gasteiger partial charge is 0.206 e. The van der Waals surface area contributed by atoms with Crippen molar-refractivity contribution < 1.29 is 13.5 Å². The Balaban J connectivity index is 1.90. The van der Waals surface area contributed by atoms with Crippen molar-refractivity contribution in [3.8, 4) is 17.1 Å². The lowest BCUT2D eigenvalue weighted by atomic mass is 10.1. The second kappa shape index (κ2) is 4.91. The fourth-order valence-electron chi connectivity index (χ4n) is 2.58. The summed E-state index contributed by atoms with van der Waals surface area (Å²) >= 11 is 3.39. The Kier molecular flexibility index (Phi) is 3.00. The predicted molar refractivity (Wildman–Crippen MR) is 80.5 cm³/mol. The van der Waals surface area contributed by atoms with Crippen molar-refractivity contribution in [1.82, 2.24) is 9.55 Å². The first-order valence-corrected chi connectivity index (χ1v) is 7.37. The number of hydrogen-bond acceptors (Lipinski definition) is 2. The van der Waals surface area contributed by atoms with Gasteiger partial charge in [-0.25, -0.2) is 13.8 Å². The number of halogens is 3. The Morgan fingerprint density at radius 1 is 1.14 bits per heavy atom. The fraction of sp³-hybridized carbons (Fsp3) is 0.0625. The highest BCUT2D eigenvalue weighted by Gasteiger charge is 2.29. The molecular formula is C16H9BrF2N2O. The van der Waals surface area contributed by atoms with Crippen LogP contribution in [0.2, 0.25) is 0 Å². The zero-order chi connectivity index (χ0) is 15.3. The molecule has 2 aromatic carbocycles. The lowest BCUT2D eigenvalue weighted by Crippen LogP contribution is -2.23. The van der Waals surface area contributed by atoms with Gasteiger partial charge in [-0.3, -0.25) is 4.57 Å².